The third-order valence-electron chi connectivity index (χ3n) is 3.06. The molecule has 0 aliphatic heterocycles. The summed E-state index contributed by atoms with van der Waals surface area (Å²) in [7, 11) is 0. The number of imidazole rings is 1. The van der Waals surface area contributed by atoms with Crippen molar-refractivity contribution in [1.29, 1.82) is 0 Å². The van der Waals surface area contributed by atoms with Crippen LogP contribution in [0.15, 0.2) is 61.1 Å². The molecule has 0 atom stereocenters. The topological polar surface area (TPSA) is 17.8 Å². The highest BCUT2D eigenvalue weighted by molar-refractivity contribution is 6.42. The van der Waals surface area contributed by atoms with Gasteiger partial charge in [0.1, 0.15) is 0 Å². The maximum Gasteiger partial charge on any atom is 0.0956 e. The average molecular weight is 303 g/mol. The van der Waals surface area contributed by atoms with E-state index < -0.39 is 0 Å². The zero-order chi connectivity index (χ0) is 13.9. The normalized spacial score (nSPS) is 10.7. The van der Waals surface area contributed by atoms with E-state index in [1.807, 2.05) is 47.4 Å². The third kappa shape index (κ3) is 2.87. The highest BCUT2D eigenvalue weighted by Gasteiger charge is 2.05. The molecule has 20 heavy (non-hydrogen) atoms. The van der Waals surface area contributed by atoms with Gasteiger partial charge in [-0.3, -0.25) is 0 Å². The molecule has 0 aliphatic carbocycles. The predicted octanol–water partition coefficient (Wildman–Crippen LogP) is 4.91. The number of hydrogen-bond donors (Lipinski definition) is 0. The number of hydrogen-bond acceptors (Lipinski definition) is 1. The van der Waals surface area contributed by atoms with Crippen molar-refractivity contribution in [1.82, 2.24) is 9.55 Å². The van der Waals surface area contributed by atoms with Gasteiger partial charge in [0.25, 0.3) is 0 Å². The molecule has 0 spiro atoms. The zero-order valence-corrected chi connectivity index (χ0v) is 12.1. The largest absolute Gasteiger partial charge is 0.332 e. The SMILES string of the molecule is Clc1ccc(-c2cn(Cc3ccccc3)cn2)cc1Cl. The summed E-state index contributed by atoms with van der Waals surface area (Å²) in [6, 6.07) is 15.8. The molecule has 0 N–H and O–H groups in total. The Labute approximate surface area is 127 Å². The van der Waals surface area contributed by atoms with Crippen LogP contribution in [0.5, 0.6) is 0 Å². The van der Waals surface area contributed by atoms with Crippen LogP contribution in [0.4, 0.5) is 0 Å². The maximum atomic E-state index is 6.03. The Morgan fingerprint density at radius 3 is 2.50 bits per heavy atom. The number of nitrogens with zero attached hydrogens (tertiary/aromatic N) is 2. The third-order valence-corrected chi connectivity index (χ3v) is 3.80. The van der Waals surface area contributed by atoms with E-state index in [4.69, 9.17) is 23.2 Å². The highest BCUT2D eigenvalue weighted by Crippen LogP contribution is 2.27. The molecule has 0 saturated heterocycles. The molecular weight excluding hydrogens is 291 g/mol. The predicted molar refractivity (Wildman–Crippen MR) is 83.2 cm³/mol. The first-order chi connectivity index (χ1) is 9.72. The molecule has 3 rings (SSSR count). The van der Waals surface area contributed by atoms with E-state index in [-0.39, 0.29) is 0 Å². The van der Waals surface area contributed by atoms with Crippen LogP contribution in [0.25, 0.3) is 11.3 Å². The molecule has 0 fully saturated rings. The molecule has 0 radical (unpaired) electrons. The lowest BCUT2D eigenvalue weighted by molar-refractivity contribution is 0.797. The molecule has 2 aromatic carbocycles. The number of rotatable bonds is 3. The van der Waals surface area contributed by atoms with E-state index in [1.54, 1.807) is 6.07 Å². The number of aromatic nitrogens is 2. The lowest BCUT2D eigenvalue weighted by atomic mass is 10.2. The van der Waals surface area contributed by atoms with Crippen LogP contribution in [0.1, 0.15) is 5.56 Å². The van der Waals surface area contributed by atoms with E-state index in [9.17, 15) is 0 Å². The Kier molecular flexibility index (Phi) is 3.77. The van der Waals surface area contributed by atoms with Gasteiger partial charge in [-0.2, -0.15) is 0 Å². The summed E-state index contributed by atoms with van der Waals surface area (Å²) < 4.78 is 2.05. The standard InChI is InChI=1S/C16H12Cl2N2/c17-14-7-6-13(8-15(14)18)16-10-20(11-19-16)9-12-4-2-1-3-5-12/h1-8,10-11H,9H2. The van der Waals surface area contributed by atoms with Crippen LogP contribution in [-0.4, -0.2) is 9.55 Å². The van der Waals surface area contributed by atoms with Gasteiger partial charge >= 0.3 is 0 Å². The average Bonchev–Trinajstić information content (AvgIpc) is 2.91. The molecular formula is C16H12Cl2N2. The molecule has 3 aromatic rings. The summed E-state index contributed by atoms with van der Waals surface area (Å²) in [5.74, 6) is 0. The van der Waals surface area contributed by atoms with Crippen molar-refractivity contribution in [3.8, 4) is 11.3 Å². The van der Waals surface area contributed by atoms with Gasteiger partial charge in [-0.1, -0.05) is 59.6 Å². The Morgan fingerprint density at radius 1 is 0.950 bits per heavy atom. The van der Waals surface area contributed by atoms with Crippen LogP contribution < -0.4 is 0 Å². The van der Waals surface area contributed by atoms with Gasteiger partial charge in [0.2, 0.25) is 0 Å². The first-order valence-corrected chi connectivity index (χ1v) is 6.99. The maximum absolute atomic E-state index is 6.03. The Morgan fingerprint density at radius 2 is 1.75 bits per heavy atom. The van der Waals surface area contributed by atoms with Crippen molar-refractivity contribution in [3.63, 3.8) is 0 Å². The fourth-order valence-corrected chi connectivity index (χ4v) is 2.34. The fraction of sp³-hybridized carbons (Fsp3) is 0.0625. The van der Waals surface area contributed by atoms with E-state index in [1.165, 1.54) is 5.56 Å². The summed E-state index contributed by atoms with van der Waals surface area (Å²) in [4.78, 5) is 4.41. The second-order valence-corrected chi connectivity index (χ2v) is 5.36. The summed E-state index contributed by atoms with van der Waals surface area (Å²) in [5.41, 5.74) is 3.09. The molecule has 1 heterocycles. The van der Waals surface area contributed by atoms with Gasteiger partial charge in [-0.05, 0) is 17.7 Å². The molecule has 4 heteroatoms. The van der Waals surface area contributed by atoms with Crippen molar-refractivity contribution in [2.45, 2.75) is 6.54 Å². The summed E-state index contributed by atoms with van der Waals surface area (Å²) in [5, 5.41) is 1.10. The van der Waals surface area contributed by atoms with Crippen LogP contribution in [0.2, 0.25) is 10.0 Å². The smallest absolute Gasteiger partial charge is 0.0956 e. The number of benzene rings is 2. The second-order valence-electron chi connectivity index (χ2n) is 4.55. The summed E-state index contributed by atoms with van der Waals surface area (Å²) in [6.45, 7) is 0.801. The minimum Gasteiger partial charge on any atom is -0.332 e. The van der Waals surface area contributed by atoms with Crippen LogP contribution in [0, 0.1) is 0 Å². The quantitative estimate of drug-likeness (QED) is 0.672. The molecule has 2 nitrogen and oxygen atoms in total. The fourth-order valence-electron chi connectivity index (χ4n) is 2.05. The first-order valence-electron chi connectivity index (χ1n) is 6.23. The van der Waals surface area contributed by atoms with Crippen LogP contribution in [0.3, 0.4) is 0 Å². The van der Waals surface area contributed by atoms with E-state index in [2.05, 4.69) is 17.1 Å². The Hall–Kier alpha value is -1.77. The molecule has 0 aliphatic rings. The molecule has 0 unspecified atom stereocenters. The monoisotopic (exact) mass is 302 g/mol. The number of halogens is 2. The molecule has 0 bridgehead atoms. The van der Waals surface area contributed by atoms with Crippen molar-refractivity contribution in [2.24, 2.45) is 0 Å². The summed E-state index contributed by atoms with van der Waals surface area (Å²) >= 11 is 12.0. The van der Waals surface area contributed by atoms with Gasteiger partial charge in [0, 0.05) is 18.3 Å². The van der Waals surface area contributed by atoms with Crippen molar-refractivity contribution < 1.29 is 0 Å². The molecule has 0 amide bonds. The second kappa shape index (κ2) is 5.70. The molecule has 0 saturated carbocycles. The Bertz CT molecular complexity index is 720. The van der Waals surface area contributed by atoms with Crippen LogP contribution in [-0.2, 0) is 6.54 Å². The van der Waals surface area contributed by atoms with Gasteiger partial charge in [0.05, 0.1) is 22.1 Å². The molecule has 100 valence electrons. The van der Waals surface area contributed by atoms with Gasteiger partial charge in [-0.25, -0.2) is 4.98 Å². The lowest BCUT2D eigenvalue weighted by Crippen LogP contribution is -1.95. The molecule has 1 aromatic heterocycles. The minimum atomic E-state index is 0.543. The highest BCUT2D eigenvalue weighted by atomic mass is 35.5. The van der Waals surface area contributed by atoms with E-state index in [0.29, 0.717) is 10.0 Å². The first kappa shape index (κ1) is 13.2. The van der Waals surface area contributed by atoms with E-state index in [0.717, 1.165) is 17.8 Å². The van der Waals surface area contributed by atoms with E-state index >= 15 is 0 Å². The summed E-state index contributed by atoms with van der Waals surface area (Å²) in [6.07, 6.45) is 3.83. The van der Waals surface area contributed by atoms with Crippen LogP contribution >= 0.6 is 23.2 Å². The van der Waals surface area contributed by atoms with Crippen molar-refractivity contribution in [3.05, 3.63) is 76.7 Å². The van der Waals surface area contributed by atoms with Crippen molar-refractivity contribution in [2.75, 3.05) is 0 Å². The zero-order valence-electron chi connectivity index (χ0n) is 10.6. The lowest BCUT2D eigenvalue weighted by Gasteiger charge is -2.02. The minimum absolute atomic E-state index is 0.543. The van der Waals surface area contributed by atoms with Gasteiger partial charge in [0.15, 0.2) is 0 Å². The Balaban J connectivity index is 1.84. The van der Waals surface area contributed by atoms with Gasteiger partial charge in [-0.15, -0.1) is 0 Å². The van der Waals surface area contributed by atoms with Crippen molar-refractivity contribution >= 4 is 23.2 Å². The van der Waals surface area contributed by atoms with Gasteiger partial charge < -0.3 is 4.57 Å².